The molecule has 1 unspecified atom stereocenters. The van der Waals surface area contributed by atoms with Crippen molar-refractivity contribution >= 4 is 15.9 Å². The molecule has 5 heteroatoms. The van der Waals surface area contributed by atoms with Gasteiger partial charge in [-0.15, -0.1) is 0 Å². The molecule has 0 aliphatic carbocycles. The van der Waals surface area contributed by atoms with Crippen molar-refractivity contribution in [3.8, 4) is 0 Å². The molecular formula is C11H17BrN2O2. The molecule has 90 valence electrons. The number of hydrogen-bond acceptors (Lipinski definition) is 4. The molecule has 2 rings (SSSR count). The average Bonchev–Trinajstić information content (AvgIpc) is 2.66. The highest BCUT2D eigenvalue weighted by molar-refractivity contribution is 9.10. The van der Waals surface area contributed by atoms with Gasteiger partial charge in [0.15, 0.2) is 0 Å². The molecule has 2 heterocycles. The molecule has 0 aromatic carbocycles. The lowest BCUT2D eigenvalue weighted by molar-refractivity contribution is -0.0309. The zero-order chi connectivity index (χ0) is 11.4. The van der Waals surface area contributed by atoms with E-state index < -0.39 is 0 Å². The second kappa shape index (κ2) is 5.82. The Morgan fingerprint density at radius 1 is 1.62 bits per heavy atom. The van der Waals surface area contributed by atoms with Crippen molar-refractivity contribution in [2.75, 3.05) is 33.3 Å². The van der Waals surface area contributed by atoms with E-state index in [0.29, 0.717) is 0 Å². The van der Waals surface area contributed by atoms with Gasteiger partial charge in [0.1, 0.15) is 5.76 Å². The molecule has 1 aliphatic heterocycles. The van der Waals surface area contributed by atoms with Crippen molar-refractivity contribution in [1.82, 2.24) is 10.2 Å². The normalized spacial score (nSPS) is 22.5. The van der Waals surface area contributed by atoms with Crippen LogP contribution in [0.25, 0.3) is 0 Å². The monoisotopic (exact) mass is 288 g/mol. The molecule has 1 fully saturated rings. The van der Waals surface area contributed by atoms with E-state index >= 15 is 0 Å². The van der Waals surface area contributed by atoms with E-state index in [1.165, 1.54) is 0 Å². The summed E-state index contributed by atoms with van der Waals surface area (Å²) in [5.74, 6) is 0.991. The van der Waals surface area contributed by atoms with Crippen molar-refractivity contribution in [2.24, 2.45) is 0 Å². The summed E-state index contributed by atoms with van der Waals surface area (Å²) in [7, 11) is 1.95. The van der Waals surface area contributed by atoms with Crippen LogP contribution in [0.1, 0.15) is 5.76 Å². The molecule has 1 aromatic heterocycles. The van der Waals surface area contributed by atoms with Gasteiger partial charge >= 0.3 is 0 Å². The summed E-state index contributed by atoms with van der Waals surface area (Å²) in [4.78, 5) is 2.36. The Hall–Kier alpha value is -0.360. The summed E-state index contributed by atoms with van der Waals surface area (Å²) >= 11 is 3.47. The summed E-state index contributed by atoms with van der Waals surface area (Å²) in [6.07, 6.45) is 2.00. The van der Waals surface area contributed by atoms with Gasteiger partial charge in [-0.1, -0.05) is 0 Å². The van der Waals surface area contributed by atoms with Gasteiger partial charge in [0, 0.05) is 19.6 Å². The van der Waals surface area contributed by atoms with Crippen molar-refractivity contribution in [2.45, 2.75) is 12.6 Å². The predicted octanol–water partition coefficient (Wildman–Crippen LogP) is 1.46. The summed E-state index contributed by atoms with van der Waals surface area (Å²) < 4.78 is 12.1. The number of nitrogens with zero attached hydrogens (tertiary/aromatic N) is 1. The van der Waals surface area contributed by atoms with Crippen LogP contribution in [0.5, 0.6) is 0 Å². The van der Waals surface area contributed by atoms with E-state index in [0.717, 1.165) is 43.0 Å². The minimum absolute atomic E-state index is 0.285. The maximum Gasteiger partial charge on any atom is 0.131 e. The maximum atomic E-state index is 5.65. The van der Waals surface area contributed by atoms with E-state index in [4.69, 9.17) is 9.15 Å². The van der Waals surface area contributed by atoms with Gasteiger partial charge in [-0.05, 0) is 29.0 Å². The Bertz CT molecular complexity index is 328. The third-order valence-corrected chi connectivity index (χ3v) is 3.42. The molecule has 0 spiro atoms. The lowest BCUT2D eigenvalue weighted by Gasteiger charge is -2.32. The first-order chi connectivity index (χ1) is 7.79. The maximum absolute atomic E-state index is 5.65. The molecule has 0 radical (unpaired) electrons. The zero-order valence-corrected chi connectivity index (χ0v) is 11.0. The number of nitrogens with one attached hydrogen (secondary N) is 1. The van der Waals surface area contributed by atoms with Crippen LogP contribution in [0.3, 0.4) is 0 Å². The van der Waals surface area contributed by atoms with Gasteiger partial charge in [0.05, 0.1) is 30.0 Å². The number of morpholine rings is 1. The highest BCUT2D eigenvalue weighted by Crippen LogP contribution is 2.20. The van der Waals surface area contributed by atoms with E-state index in [-0.39, 0.29) is 6.10 Å². The highest BCUT2D eigenvalue weighted by atomic mass is 79.9. The van der Waals surface area contributed by atoms with Gasteiger partial charge in [-0.2, -0.15) is 0 Å². The smallest absolute Gasteiger partial charge is 0.131 e. The summed E-state index contributed by atoms with van der Waals surface area (Å²) in [6.45, 7) is 4.46. The van der Waals surface area contributed by atoms with Crippen molar-refractivity contribution in [3.63, 3.8) is 0 Å². The third-order valence-electron chi connectivity index (χ3n) is 2.71. The molecule has 1 aliphatic rings. The van der Waals surface area contributed by atoms with Crippen molar-refractivity contribution in [3.05, 3.63) is 22.6 Å². The van der Waals surface area contributed by atoms with Crippen LogP contribution in [-0.2, 0) is 11.3 Å². The standard InChI is InChI=1S/C11H17BrN2O2/c1-13-6-9-7-14(3-5-15-9)8-11-10(12)2-4-16-11/h2,4,9,13H,3,5-8H2,1H3. The van der Waals surface area contributed by atoms with E-state index in [9.17, 15) is 0 Å². The Morgan fingerprint density at radius 2 is 2.50 bits per heavy atom. The van der Waals surface area contributed by atoms with Gasteiger partial charge in [0.25, 0.3) is 0 Å². The Labute approximate surface area is 104 Å². The van der Waals surface area contributed by atoms with Crippen LogP contribution in [0.4, 0.5) is 0 Å². The fraction of sp³-hybridized carbons (Fsp3) is 0.636. The molecular weight excluding hydrogens is 272 g/mol. The predicted molar refractivity (Wildman–Crippen MR) is 65.4 cm³/mol. The van der Waals surface area contributed by atoms with Crippen LogP contribution in [0.2, 0.25) is 0 Å². The highest BCUT2D eigenvalue weighted by Gasteiger charge is 2.21. The summed E-state index contributed by atoms with van der Waals surface area (Å²) in [5.41, 5.74) is 0. The zero-order valence-electron chi connectivity index (χ0n) is 9.41. The molecule has 1 N–H and O–H groups in total. The minimum Gasteiger partial charge on any atom is -0.467 e. The largest absolute Gasteiger partial charge is 0.467 e. The van der Waals surface area contributed by atoms with Crippen LogP contribution < -0.4 is 5.32 Å². The van der Waals surface area contributed by atoms with E-state index in [1.807, 2.05) is 13.1 Å². The molecule has 1 aromatic rings. The lowest BCUT2D eigenvalue weighted by atomic mass is 10.2. The summed E-state index contributed by atoms with van der Waals surface area (Å²) in [6, 6.07) is 1.93. The fourth-order valence-electron chi connectivity index (χ4n) is 1.92. The SMILES string of the molecule is CNCC1CN(Cc2occc2Br)CCO1. The second-order valence-corrected chi connectivity index (χ2v) is 4.83. The van der Waals surface area contributed by atoms with Crippen LogP contribution in [0, 0.1) is 0 Å². The van der Waals surface area contributed by atoms with E-state index in [1.54, 1.807) is 6.26 Å². The molecule has 1 atom stereocenters. The minimum atomic E-state index is 0.285. The quantitative estimate of drug-likeness (QED) is 0.910. The van der Waals surface area contributed by atoms with Crippen LogP contribution in [0.15, 0.2) is 21.2 Å². The molecule has 4 nitrogen and oxygen atoms in total. The Morgan fingerprint density at radius 3 is 3.19 bits per heavy atom. The first-order valence-corrected chi connectivity index (χ1v) is 6.29. The number of furan rings is 1. The van der Waals surface area contributed by atoms with Crippen molar-refractivity contribution < 1.29 is 9.15 Å². The topological polar surface area (TPSA) is 37.6 Å². The first kappa shape index (κ1) is 12.1. The average molecular weight is 289 g/mol. The Balaban J connectivity index is 1.88. The number of halogens is 1. The second-order valence-electron chi connectivity index (χ2n) is 3.98. The number of hydrogen-bond donors (Lipinski definition) is 1. The molecule has 0 amide bonds. The van der Waals surface area contributed by atoms with Gasteiger partial charge in [-0.25, -0.2) is 0 Å². The molecule has 1 saturated heterocycles. The molecule has 16 heavy (non-hydrogen) atoms. The molecule has 0 saturated carbocycles. The fourth-order valence-corrected chi connectivity index (χ4v) is 2.24. The van der Waals surface area contributed by atoms with Crippen molar-refractivity contribution in [1.29, 1.82) is 0 Å². The van der Waals surface area contributed by atoms with Gasteiger partial charge in [-0.3, -0.25) is 4.90 Å². The summed E-state index contributed by atoms with van der Waals surface area (Å²) in [5, 5.41) is 3.14. The van der Waals surface area contributed by atoms with E-state index in [2.05, 4.69) is 26.1 Å². The third kappa shape index (κ3) is 3.07. The molecule has 0 bridgehead atoms. The van der Waals surface area contributed by atoms with Crippen LogP contribution >= 0.6 is 15.9 Å². The number of ether oxygens (including phenoxy) is 1. The Kier molecular flexibility index (Phi) is 4.40. The number of likely N-dealkylation sites (N-methyl/N-ethyl adjacent to an activating group) is 1. The van der Waals surface area contributed by atoms with Crippen LogP contribution in [-0.4, -0.2) is 44.3 Å². The lowest BCUT2D eigenvalue weighted by Crippen LogP contribution is -2.45. The van der Waals surface area contributed by atoms with Gasteiger partial charge < -0.3 is 14.5 Å². The number of rotatable bonds is 4. The van der Waals surface area contributed by atoms with Gasteiger partial charge in [0.2, 0.25) is 0 Å². The first-order valence-electron chi connectivity index (χ1n) is 5.50.